The van der Waals surface area contributed by atoms with E-state index in [1.807, 2.05) is 24.3 Å². The predicted octanol–water partition coefficient (Wildman–Crippen LogP) is 4.51. The summed E-state index contributed by atoms with van der Waals surface area (Å²) in [4.78, 5) is 26.3. The fraction of sp³-hybridized carbons (Fsp3) is 0.464. The molecule has 1 aromatic carbocycles. The van der Waals surface area contributed by atoms with Crippen molar-refractivity contribution in [3.63, 3.8) is 0 Å². The van der Waals surface area contributed by atoms with Crippen LogP contribution in [0.25, 0.3) is 22.6 Å². The van der Waals surface area contributed by atoms with Crippen molar-refractivity contribution in [2.24, 2.45) is 0 Å². The molecule has 0 bridgehead atoms. The lowest BCUT2D eigenvalue weighted by Crippen LogP contribution is -2.54. The zero-order chi connectivity index (χ0) is 25.4. The minimum atomic E-state index is -1.81. The largest absolute Gasteiger partial charge is 0.497 e. The van der Waals surface area contributed by atoms with Crippen molar-refractivity contribution in [1.82, 2.24) is 24.3 Å². The van der Waals surface area contributed by atoms with Gasteiger partial charge in [-0.25, -0.2) is 13.8 Å². The predicted molar refractivity (Wildman–Crippen MR) is 136 cm³/mol. The molecule has 3 aliphatic rings. The highest BCUT2D eigenvalue weighted by molar-refractivity contribution is 5.85. The molecule has 2 saturated heterocycles. The summed E-state index contributed by atoms with van der Waals surface area (Å²) in [5, 5.41) is 0. The topological polar surface area (TPSA) is 63.5 Å². The summed E-state index contributed by atoms with van der Waals surface area (Å²) in [5.74, 6) is -0.0366. The van der Waals surface area contributed by atoms with Gasteiger partial charge >= 0.3 is 0 Å². The lowest BCUT2D eigenvalue weighted by molar-refractivity contribution is -0.149. The fourth-order valence-corrected chi connectivity index (χ4v) is 5.87. The van der Waals surface area contributed by atoms with Crippen LogP contribution in [-0.2, 0) is 9.53 Å². The molecular formula is C28H31F2N5O2. The van der Waals surface area contributed by atoms with E-state index >= 15 is 4.39 Å². The number of aromatic nitrogens is 3. The van der Waals surface area contributed by atoms with Crippen molar-refractivity contribution in [1.29, 1.82) is 0 Å². The number of piperidine rings is 2. The molecule has 0 N–H and O–H groups in total. The van der Waals surface area contributed by atoms with E-state index < -0.39 is 5.67 Å². The van der Waals surface area contributed by atoms with Gasteiger partial charge in [-0.2, -0.15) is 0 Å². The number of hydrogen-bond donors (Lipinski definition) is 0. The van der Waals surface area contributed by atoms with Gasteiger partial charge in [-0.3, -0.25) is 14.7 Å². The number of pyridine rings is 1. The van der Waals surface area contributed by atoms with Crippen LogP contribution in [0.3, 0.4) is 0 Å². The van der Waals surface area contributed by atoms with Gasteiger partial charge in [0.25, 0.3) is 5.91 Å². The van der Waals surface area contributed by atoms with Crippen molar-refractivity contribution in [3.8, 4) is 11.5 Å². The molecule has 3 aromatic rings. The molecule has 2 aromatic heterocycles. The van der Waals surface area contributed by atoms with E-state index in [9.17, 15) is 9.18 Å². The molecule has 5 heterocycles. The van der Waals surface area contributed by atoms with Crippen LogP contribution in [0, 0.1) is 5.82 Å². The normalized spacial score (nSPS) is 22.4. The second-order valence-corrected chi connectivity index (χ2v) is 10.3. The molecule has 0 radical (unpaired) electrons. The van der Waals surface area contributed by atoms with Crippen molar-refractivity contribution in [2.45, 2.75) is 49.9 Å². The summed E-state index contributed by atoms with van der Waals surface area (Å²) in [6.45, 7) is 2.84. The minimum Gasteiger partial charge on any atom is -0.497 e. The number of carbonyl (C=O) groups is 1. The first-order valence-electron chi connectivity index (χ1n) is 13.1. The Morgan fingerprint density at radius 3 is 2.62 bits per heavy atom. The Hall–Kier alpha value is -3.33. The quantitative estimate of drug-likeness (QED) is 0.509. The van der Waals surface area contributed by atoms with Gasteiger partial charge in [-0.05, 0) is 43.2 Å². The second-order valence-electron chi connectivity index (χ2n) is 10.3. The molecule has 1 atom stereocenters. The van der Waals surface area contributed by atoms with Gasteiger partial charge < -0.3 is 14.2 Å². The number of carbonyl (C=O) groups excluding carboxylic acids is 1. The van der Waals surface area contributed by atoms with Gasteiger partial charge in [0, 0.05) is 70.3 Å². The minimum absolute atomic E-state index is 0.0500. The standard InChI is InChI=1S/C28H31F2N5O2/c29-20-6-7-25-24(18-20)32-26(23-5-1-2-12-31-23)35(25)21-8-13-34(14-9-21)27(36)28(30)10-15-33(16-11-28)19-22-4-3-17-37-22/h1-3,5-7,12,17-18,21-22H,4,8-11,13-16,19H2. The number of fused-ring (bicyclic) bond motifs is 1. The van der Waals surface area contributed by atoms with Crippen LogP contribution in [0.15, 0.2) is 54.9 Å². The second kappa shape index (κ2) is 9.85. The third-order valence-electron chi connectivity index (χ3n) is 7.92. The number of halogens is 2. The lowest BCUT2D eigenvalue weighted by atomic mass is 9.90. The molecule has 1 unspecified atom stereocenters. The molecular weight excluding hydrogens is 476 g/mol. The molecule has 0 spiro atoms. The lowest BCUT2D eigenvalue weighted by Gasteiger charge is -2.41. The van der Waals surface area contributed by atoms with Gasteiger partial charge in [0.2, 0.25) is 0 Å². The Kier molecular flexibility index (Phi) is 6.40. The van der Waals surface area contributed by atoms with E-state index in [0.717, 1.165) is 18.5 Å². The Morgan fingerprint density at radius 1 is 1.11 bits per heavy atom. The maximum absolute atomic E-state index is 15.8. The van der Waals surface area contributed by atoms with Crippen molar-refractivity contribution in [3.05, 3.63) is 60.8 Å². The summed E-state index contributed by atoms with van der Waals surface area (Å²) in [6, 6.07) is 10.3. The zero-order valence-corrected chi connectivity index (χ0v) is 20.7. The van der Waals surface area contributed by atoms with Crippen molar-refractivity contribution >= 4 is 16.9 Å². The van der Waals surface area contributed by atoms with Gasteiger partial charge in [-0.15, -0.1) is 0 Å². The summed E-state index contributed by atoms with van der Waals surface area (Å²) in [7, 11) is 0. The van der Waals surface area contributed by atoms with Crippen molar-refractivity contribution in [2.75, 3.05) is 32.7 Å². The molecule has 0 saturated carbocycles. The van der Waals surface area contributed by atoms with Crippen LogP contribution in [0.5, 0.6) is 0 Å². The Morgan fingerprint density at radius 2 is 1.92 bits per heavy atom. The van der Waals surface area contributed by atoms with Gasteiger partial charge in [0.05, 0.1) is 17.3 Å². The molecule has 1 amide bonds. The number of imidazole rings is 1. The summed E-state index contributed by atoms with van der Waals surface area (Å²) >= 11 is 0. The number of ether oxygens (including phenoxy) is 1. The molecule has 0 aliphatic carbocycles. The highest BCUT2D eigenvalue weighted by atomic mass is 19.1. The number of alkyl halides is 1. The summed E-state index contributed by atoms with van der Waals surface area (Å²) < 4.78 is 37.4. The number of rotatable bonds is 5. The Labute approximate surface area is 214 Å². The monoisotopic (exact) mass is 507 g/mol. The van der Waals surface area contributed by atoms with Crippen LogP contribution in [0.2, 0.25) is 0 Å². The van der Waals surface area contributed by atoms with E-state index in [1.54, 1.807) is 23.4 Å². The van der Waals surface area contributed by atoms with Crippen LogP contribution in [0.4, 0.5) is 8.78 Å². The molecule has 194 valence electrons. The molecule has 7 nitrogen and oxygen atoms in total. The number of benzene rings is 1. The van der Waals surface area contributed by atoms with Gasteiger partial charge in [-0.1, -0.05) is 6.07 Å². The highest BCUT2D eigenvalue weighted by Crippen LogP contribution is 2.35. The molecule has 6 rings (SSSR count). The van der Waals surface area contributed by atoms with E-state index in [4.69, 9.17) is 9.72 Å². The number of amides is 1. The number of likely N-dealkylation sites (tertiary alicyclic amines) is 2. The first kappa shape index (κ1) is 24.0. The average Bonchev–Trinajstić information content (AvgIpc) is 3.58. The third kappa shape index (κ3) is 4.72. The maximum Gasteiger partial charge on any atom is 0.260 e. The molecule has 2 fully saturated rings. The smallest absolute Gasteiger partial charge is 0.260 e. The number of hydrogen-bond acceptors (Lipinski definition) is 5. The first-order chi connectivity index (χ1) is 18.0. The number of nitrogens with zero attached hydrogens (tertiary/aromatic N) is 5. The SMILES string of the molecule is O=C(N1CCC(n2c(-c3ccccn3)nc3cc(F)ccc32)CC1)C1(F)CCN(CC2CC=CO2)CC1. The highest BCUT2D eigenvalue weighted by Gasteiger charge is 2.45. The summed E-state index contributed by atoms with van der Waals surface area (Å²) in [5.41, 5.74) is 0.317. The summed E-state index contributed by atoms with van der Waals surface area (Å²) in [6.07, 6.45) is 8.23. The Balaban J connectivity index is 1.14. The van der Waals surface area contributed by atoms with E-state index in [-0.39, 0.29) is 36.7 Å². The van der Waals surface area contributed by atoms with Gasteiger partial charge in [0.15, 0.2) is 11.5 Å². The van der Waals surface area contributed by atoms with Crippen molar-refractivity contribution < 1.29 is 18.3 Å². The van der Waals surface area contributed by atoms with Crippen LogP contribution in [0.1, 0.15) is 38.1 Å². The van der Waals surface area contributed by atoms with Crippen LogP contribution >= 0.6 is 0 Å². The van der Waals surface area contributed by atoms with E-state index in [2.05, 4.69) is 14.5 Å². The Bertz CT molecular complexity index is 1290. The van der Waals surface area contributed by atoms with Crippen LogP contribution < -0.4 is 0 Å². The van der Waals surface area contributed by atoms with Gasteiger partial charge in [0.1, 0.15) is 17.6 Å². The molecule has 37 heavy (non-hydrogen) atoms. The third-order valence-corrected chi connectivity index (χ3v) is 7.92. The zero-order valence-electron chi connectivity index (χ0n) is 20.7. The first-order valence-corrected chi connectivity index (χ1v) is 13.1. The fourth-order valence-electron chi connectivity index (χ4n) is 5.87. The average molecular weight is 508 g/mol. The molecule has 9 heteroatoms. The van der Waals surface area contributed by atoms with Crippen LogP contribution in [-0.4, -0.2) is 74.7 Å². The van der Waals surface area contributed by atoms with E-state index in [1.165, 1.54) is 12.1 Å². The maximum atomic E-state index is 15.8. The molecule has 3 aliphatic heterocycles. The van der Waals surface area contributed by atoms with E-state index in [0.29, 0.717) is 56.1 Å².